The number of fused-ring (bicyclic) bond motifs is 1. The van der Waals surface area contributed by atoms with E-state index in [2.05, 4.69) is 15.3 Å². The molecule has 2 rings (SSSR count). The van der Waals surface area contributed by atoms with Gasteiger partial charge in [-0.05, 0) is 26.1 Å². The minimum absolute atomic E-state index is 0.0167. The second kappa shape index (κ2) is 4.55. The number of hydrogen-bond acceptors (Lipinski definition) is 4. The van der Waals surface area contributed by atoms with Crippen LogP contribution in [0.25, 0.3) is 10.9 Å². The van der Waals surface area contributed by atoms with Crippen molar-refractivity contribution in [2.45, 2.75) is 13.0 Å². The third kappa shape index (κ3) is 2.01. The number of methoxy groups -OCH3 is 1. The van der Waals surface area contributed by atoms with Gasteiger partial charge in [0.05, 0.1) is 18.5 Å². The summed E-state index contributed by atoms with van der Waals surface area (Å²) in [4.78, 5) is 19.1. The van der Waals surface area contributed by atoms with Crippen molar-refractivity contribution in [3.05, 3.63) is 34.4 Å². The van der Waals surface area contributed by atoms with Crippen molar-refractivity contribution >= 4 is 10.9 Å². The number of benzene rings is 1. The lowest BCUT2D eigenvalue weighted by molar-refractivity contribution is 0.418. The molecular weight excluding hydrogens is 218 g/mol. The molecule has 5 heteroatoms. The molecule has 0 amide bonds. The largest absolute Gasteiger partial charge is 0.494 e. The highest BCUT2D eigenvalue weighted by molar-refractivity contribution is 5.83. The van der Waals surface area contributed by atoms with E-state index in [1.54, 1.807) is 25.3 Å². The molecule has 1 heterocycles. The summed E-state index contributed by atoms with van der Waals surface area (Å²) in [6.07, 6.45) is 0. The number of ether oxygens (including phenoxy) is 1. The Morgan fingerprint density at radius 1 is 1.47 bits per heavy atom. The molecule has 5 nitrogen and oxygen atoms in total. The highest BCUT2D eigenvalue weighted by Crippen LogP contribution is 2.21. The predicted molar refractivity (Wildman–Crippen MR) is 66.4 cm³/mol. The van der Waals surface area contributed by atoms with Crippen molar-refractivity contribution in [1.29, 1.82) is 0 Å². The van der Waals surface area contributed by atoms with Gasteiger partial charge < -0.3 is 15.0 Å². The fourth-order valence-corrected chi connectivity index (χ4v) is 1.66. The summed E-state index contributed by atoms with van der Waals surface area (Å²) < 4.78 is 5.22. The van der Waals surface area contributed by atoms with Crippen molar-refractivity contribution in [1.82, 2.24) is 15.3 Å². The average Bonchev–Trinajstić information content (AvgIpc) is 2.37. The Kier molecular flexibility index (Phi) is 3.10. The Morgan fingerprint density at radius 2 is 2.24 bits per heavy atom. The monoisotopic (exact) mass is 233 g/mol. The van der Waals surface area contributed by atoms with Crippen LogP contribution in [0.15, 0.2) is 23.0 Å². The van der Waals surface area contributed by atoms with Crippen molar-refractivity contribution in [3.8, 4) is 5.75 Å². The molecule has 0 aliphatic carbocycles. The SMILES string of the molecule is CNC(C)c1nc2c(OC)cccc2c(=O)[nH]1. The Balaban J connectivity index is 2.74. The average molecular weight is 233 g/mol. The zero-order valence-corrected chi connectivity index (χ0v) is 10.1. The van der Waals surface area contributed by atoms with Crippen LogP contribution in [0.1, 0.15) is 18.8 Å². The summed E-state index contributed by atoms with van der Waals surface area (Å²) in [5.74, 6) is 1.22. The third-order valence-corrected chi connectivity index (χ3v) is 2.78. The first kappa shape index (κ1) is 11.6. The molecular formula is C12H15N3O2. The molecule has 1 unspecified atom stereocenters. The maximum absolute atomic E-state index is 11.9. The molecule has 1 atom stereocenters. The van der Waals surface area contributed by atoms with E-state index in [1.807, 2.05) is 14.0 Å². The van der Waals surface area contributed by atoms with E-state index in [0.29, 0.717) is 22.5 Å². The predicted octanol–water partition coefficient (Wildman–Crippen LogP) is 1.21. The minimum atomic E-state index is -0.147. The fourth-order valence-electron chi connectivity index (χ4n) is 1.66. The number of nitrogens with zero attached hydrogens (tertiary/aromatic N) is 1. The lowest BCUT2D eigenvalue weighted by Gasteiger charge is -2.11. The van der Waals surface area contributed by atoms with E-state index in [0.717, 1.165) is 0 Å². The van der Waals surface area contributed by atoms with Gasteiger partial charge in [-0.1, -0.05) is 6.07 Å². The van der Waals surface area contributed by atoms with E-state index >= 15 is 0 Å². The van der Waals surface area contributed by atoms with Crippen LogP contribution >= 0.6 is 0 Å². The fraction of sp³-hybridized carbons (Fsp3) is 0.333. The van der Waals surface area contributed by atoms with Gasteiger partial charge in [-0.3, -0.25) is 4.79 Å². The highest BCUT2D eigenvalue weighted by Gasteiger charge is 2.11. The van der Waals surface area contributed by atoms with Crippen LogP contribution in [0.5, 0.6) is 5.75 Å². The maximum atomic E-state index is 11.9. The zero-order chi connectivity index (χ0) is 12.4. The van der Waals surface area contributed by atoms with Crippen LogP contribution in [0.2, 0.25) is 0 Å². The van der Waals surface area contributed by atoms with Crippen LogP contribution in [0, 0.1) is 0 Å². The molecule has 1 aromatic carbocycles. The normalized spacial score (nSPS) is 12.6. The van der Waals surface area contributed by atoms with Gasteiger partial charge in [-0.2, -0.15) is 0 Å². The number of H-pyrrole nitrogens is 1. The molecule has 90 valence electrons. The van der Waals surface area contributed by atoms with E-state index in [1.165, 1.54) is 0 Å². The summed E-state index contributed by atoms with van der Waals surface area (Å²) in [7, 11) is 3.38. The third-order valence-electron chi connectivity index (χ3n) is 2.78. The lowest BCUT2D eigenvalue weighted by atomic mass is 10.2. The van der Waals surface area contributed by atoms with Crippen LogP contribution in [0.4, 0.5) is 0 Å². The van der Waals surface area contributed by atoms with Crippen molar-refractivity contribution in [3.63, 3.8) is 0 Å². The molecule has 1 aromatic heterocycles. The number of aromatic nitrogens is 2. The van der Waals surface area contributed by atoms with Crippen LogP contribution in [-0.4, -0.2) is 24.1 Å². The van der Waals surface area contributed by atoms with Gasteiger partial charge in [0.2, 0.25) is 0 Å². The molecule has 0 aliphatic rings. The second-order valence-corrected chi connectivity index (χ2v) is 3.82. The molecule has 0 bridgehead atoms. The zero-order valence-electron chi connectivity index (χ0n) is 10.1. The van der Waals surface area contributed by atoms with Crippen LogP contribution in [0.3, 0.4) is 0 Å². The minimum Gasteiger partial charge on any atom is -0.494 e. The maximum Gasteiger partial charge on any atom is 0.258 e. The van der Waals surface area contributed by atoms with Gasteiger partial charge in [-0.15, -0.1) is 0 Å². The summed E-state index contributed by atoms with van der Waals surface area (Å²) in [6.45, 7) is 1.93. The smallest absolute Gasteiger partial charge is 0.258 e. The van der Waals surface area contributed by atoms with Crippen molar-refractivity contribution in [2.24, 2.45) is 0 Å². The first-order chi connectivity index (χ1) is 8.17. The molecule has 17 heavy (non-hydrogen) atoms. The quantitative estimate of drug-likeness (QED) is 0.836. The molecule has 2 aromatic rings. The van der Waals surface area contributed by atoms with Crippen LogP contribution < -0.4 is 15.6 Å². The number of aromatic amines is 1. The summed E-state index contributed by atoms with van der Waals surface area (Å²) in [5, 5.41) is 3.58. The van der Waals surface area contributed by atoms with E-state index in [-0.39, 0.29) is 11.6 Å². The Morgan fingerprint density at radius 3 is 2.88 bits per heavy atom. The molecule has 0 saturated heterocycles. The van der Waals surface area contributed by atoms with Gasteiger partial charge in [0.1, 0.15) is 17.1 Å². The Bertz CT molecular complexity index is 592. The standard InChI is InChI=1S/C12H15N3O2/c1-7(13-2)11-14-10-8(12(16)15-11)5-4-6-9(10)17-3/h4-7,13H,1-3H3,(H,14,15,16). The van der Waals surface area contributed by atoms with Gasteiger partial charge in [0.25, 0.3) is 5.56 Å². The summed E-state index contributed by atoms with van der Waals surface area (Å²) in [6, 6.07) is 5.29. The molecule has 0 aliphatic heterocycles. The van der Waals surface area contributed by atoms with Gasteiger partial charge in [0.15, 0.2) is 0 Å². The highest BCUT2D eigenvalue weighted by atomic mass is 16.5. The summed E-state index contributed by atoms with van der Waals surface area (Å²) in [5.41, 5.74) is 0.446. The van der Waals surface area contributed by atoms with Crippen molar-refractivity contribution < 1.29 is 4.74 Å². The first-order valence-electron chi connectivity index (χ1n) is 5.41. The molecule has 2 N–H and O–H groups in total. The first-order valence-corrected chi connectivity index (χ1v) is 5.41. The van der Waals surface area contributed by atoms with E-state index in [4.69, 9.17) is 4.74 Å². The number of rotatable bonds is 3. The Labute approximate surface area is 98.8 Å². The molecule has 0 spiro atoms. The topological polar surface area (TPSA) is 67.0 Å². The van der Waals surface area contributed by atoms with Gasteiger partial charge >= 0.3 is 0 Å². The van der Waals surface area contributed by atoms with E-state index < -0.39 is 0 Å². The van der Waals surface area contributed by atoms with Gasteiger partial charge in [0, 0.05) is 0 Å². The van der Waals surface area contributed by atoms with E-state index in [9.17, 15) is 4.79 Å². The summed E-state index contributed by atoms with van der Waals surface area (Å²) >= 11 is 0. The number of para-hydroxylation sites is 1. The second-order valence-electron chi connectivity index (χ2n) is 3.82. The van der Waals surface area contributed by atoms with Crippen molar-refractivity contribution in [2.75, 3.05) is 14.2 Å². The number of hydrogen-bond donors (Lipinski definition) is 2. The molecule has 0 radical (unpaired) electrons. The molecule has 0 saturated carbocycles. The lowest BCUT2D eigenvalue weighted by Crippen LogP contribution is -2.20. The number of nitrogens with one attached hydrogen (secondary N) is 2. The van der Waals surface area contributed by atoms with Crippen LogP contribution in [-0.2, 0) is 0 Å². The Hall–Kier alpha value is -1.88. The molecule has 0 fully saturated rings. The van der Waals surface area contributed by atoms with Gasteiger partial charge in [-0.25, -0.2) is 4.98 Å².